The average molecular weight is 627 g/mol. The van der Waals surface area contributed by atoms with Gasteiger partial charge in [-0.2, -0.15) is 0 Å². The molecule has 0 spiro atoms. The van der Waals surface area contributed by atoms with E-state index in [1.807, 2.05) is 0 Å². The van der Waals surface area contributed by atoms with Crippen LogP contribution >= 0.6 is 11.6 Å². The molecule has 234 valence electrons. The van der Waals surface area contributed by atoms with Crippen molar-refractivity contribution in [3.8, 4) is 11.3 Å². The molecule has 2 fully saturated rings. The maximum Gasteiger partial charge on any atom is 0.316 e. The first kappa shape index (κ1) is 31.5. The predicted molar refractivity (Wildman–Crippen MR) is 166 cm³/mol. The SMILES string of the molecule is CN1CCN(CCC(=O)Nc2cc(Nc3cc(-c4cc(Cl)ccc4F)nnc3N(C)CC3(CO)CCOC3=O)ccn2)CC1. The highest BCUT2D eigenvalue weighted by molar-refractivity contribution is 6.30. The number of hydrogen-bond donors (Lipinski definition) is 3. The Labute approximate surface area is 260 Å². The van der Waals surface area contributed by atoms with Gasteiger partial charge in [0, 0.05) is 87.7 Å². The van der Waals surface area contributed by atoms with Crippen LogP contribution in [0.4, 0.5) is 27.4 Å². The number of anilines is 4. The van der Waals surface area contributed by atoms with E-state index < -0.39 is 17.2 Å². The molecule has 0 aliphatic carbocycles. The van der Waals surface area contributed by atoms with E-state index in [9.17, 15) is 19.1 Å². The van der Waals surface area contributed by atoms with Crippen molar-refractivity contribution in [2.24, 2.45) is 5.41 Å². The van der Waals surface area contributed by atoms with Crippen LogP contribution in [0.15, 0.2) is 42.6 Å². The van der Waals surface area contributed by atoms with E-state index in [-0.39, 0.29) is 36.9 Å². The van der Waals surface area contributed by atoms with Gasteiger partial charge in [-0.1, -0.05) is 11.6 Å². The number of nitrogens with zero attached hydrogens (tertiary/aromatic N) is 6. The van der Waals surface area contributed by atoms with Crippen molar-refractivity contribution in [2.75, 3.05) is 82.1 Å². The Morgan fingerprint density at radius 1 is 1.18 bits per heavy atom. The van der Waals surface area contributed by atoms with Gasteiger partial charge in [-0.25, -0.2) is 9.37 Å². The highest BCUT2D eigenvalue weighted by atomic mass is 35.5. The molecule has 14 heteroatoms. The molecular formula is C30H36ClFN8O4. The van der Waals surface area contributed by atoms with Gasteiger partial charge in [0.2, 0.25) is 5.91 Å². The molecule has 2 saturated heterocycles. The van der Waals surface area contributed by atoms with E-state index in [1.165, 1.54) is 18.2 Å². The molecule has 2 aliphatic heterocycles. The van der Waals surface area contributed by atoms with E-state index in [2.05, 4.69) is 42.7 Å². The van der Waals surface area contributed by atoms with E-state index >= 15 is 0 Å². The number of piperazine rings is 1. The van der Waals surface area contributed by atoms with Gasteiger partial charge >= 0.3 is 5.97 Å². The lowest BCUT2D eigenvalue weighted by Gasteiger charge is -2.32. The Kier molecular flexibility index (Phi) is 9.89. The number of halogens is 2. The summed E-state index contributed by atoms with van der Waals surface area (Å²) < 4.78 is 19.9. The first-order chi connectivity index (χ1) is 21.2. The van der Waals surface area contributed by atoms with Gasteiger partial charge in [0.15, 0.2) is 5.82 Å². The number of likely N-dealkylation sites (N-methyl/N-ethyl adjacent to an activating group) is 1. The molecule has 3 aromatic rings. The van der Waals surface area contributed by atoms with Gasteiger partial charge in [-0.3, -0.25) is 9.59 Å². The monoisotopic (exact) mass is 626 g/mol. The highest BCUT2D eigenvalue weighted by Crippen LogP contribution is 2.36. The van der Waals surface area contributed by atoms with E-state index in [1.54, 1.807) is 36.3 Å². The van der Waals surface area contributed by atoms with Gasteiger partial charge in [0.05, 0.1) is 24.6 Å². The van der Waals surface area contributed by atoms with Crippen LogP contribution in [0.2, 0.25) is 5.02 Å². The zero-order valence-corrected chi connectivity index (χ0v) is 25.5. The molecule has 1 amide bonds. The summed E-state index contributed by atoms with van der Waals surface area (Å²) in [5.41, 5.74) is 0.301. The third kappa shape index (κ3) is 7.41. The van der Waals surface area contributed by atoms with Crippen LogP contribution in [-0.4, -0.2) is 109 Å². The molecule has 0 saturated carbocycles. The molecule has 1 atom stereocenters. The number of carbonyl (C=O) groups excluding carboxylic acids is 2. The molecule has 0 bridgehead atoms. The number of ether oxygens (including phenoxy) is 1. The summed E-state index contributed by atoms with van der Waals surface area (Å²) in [5, 5.41) is 25.2. The normalized spacial score (nSPS) is 19.1. The fraction of sp³-hybridized carbons (Fsp3) is 0.433. The average Bonchev–Trinajstić information content (AvgIpc) is 3.37. The topological polar surface area (TPSA) is 136 Å². The van der Waals surface area contributed by atoms with Crippen LogP contribution in [0.3, 0.4) is 0 Å². The Morgan fingerprint density at radius 2 is 1.98 bits per heavy atom. The van der Waals surface area contributed by atoms with E-state index in [4.69, 9.17) is 16.3 Å². The van der Waals surface area contributed by atoms with Crippen molar-refractivity contribution in [3.05, 3.63) is 53.4 Å². The number of carbonyl (C=O) groups is 2. The maximum atomic E-state index is 14.8. The quantitative estimate of drug-likeness (QED) is 0.271. The Morgan fingerprint density at radius 3 is 2.70 bits per heavy atom. The summed E-state index contributed by atoms with van der Waals surface area (Å²) in [7, 11) is 3.81. The second-order valence-corrected chi connectivity index (χ2v) is 11.7. The molecule has 0 radical (unpaired) electrons. The third-order valence-electron chi connectivity index (χ3n) is 7.99. The number of benzene rings is 1. The molecule has 1 unspecified atom stereocenters. The second-order valence-electron chi connectivity index (χ2n) is 11.3. The molecule has 1 aromatic carbocycles. The van der Waals surface area contributed by atoms with Crippen molar-refractivity contribution in [3.63, 3.8) is 0 Å². The van der Waals surface area contributed by atoms with Crippen molar-refractivity contribution < 1.29 is 23.8 Å². The third-order valence-corrected chi connectivity index (χ3v) is 8.22. The molecule has 2 aromatic heterocycles. The molecule has 3 N–H and O–H groups in total. The van der Waals surface area contributed by atoms with Gasteiger partial charge in [-0.05, 0) is 37.4 Å². The molecular weight excluding hydrogens is 591 g/mol. The van der Waals surface area contributed by atoms with Crippen LogP contribution in [0.25, 0.3) is 11.3 Å². The summed E-state index contributed by atoms with van der Waals surface area (Å²) >= 11 is 6.14. The molecule has 4 heterocycles. The zero-order valence-electron chi connectivity index (χ0n) is 24.7. The number of pyridine rings is 1. The summed E-state index contributed by atoms with van der Waals surface area (Å²) in [6.45, 7) is 4.44. The minimum Gasteiger partial charge on any atom is -0.465 e. The van der Waals surface area contributed by atoms with Crippen molar-refractivity contribution in [2.45, 2.75) is 12.8 Å². The molecule has 2 aliphatic rings. The van der Waals surface area contributed by atoms with Crippen LogP contribution in [0.1, 0.15) is 12.8 Å². The van der Waals surface area contributed by atoms with Gasteiger partial charge < -0.3 is 35.2 Å². The van der Waals surface area contributed by atoms with Crippen molar-refractivity contribution in [1.82, 2.24) is 25.0 Å². The lowest BCUT2D eigenvalue weighted by Crippen LogP contribution is -2.45. The van der Waals surface area contributed by atoms with Crippen LogP contribution in [0.5, 0.6) is 0 Å². The Hall–Kier alpha value is -3.91. The smallest absolute Gasteiger partial charge is 0.316 e. The number of aliphatic hydroxyl groups is 1. The van der Waals surface area contributed by atoms with Gasteiger partial charge in [0.1, 0.15) is 17.1 Å². The minimum atomic E-state index is -1.11. The first-order valence-electron chi connectivity index (χ1n) is 14.4. The number of amides is 1. The Bertz CT molecular complexity index is 1510. The van der Waals surface area contributed by atoms with E-state index in [0.29, 0.717) is 47.4 Å². The van der Waals surface area contributed by atoms with Crippen molar-refractivity contribution >= 4 is 46.5 Å². The molecule has 12 nitrogen and oxygen atoms in total. The number of esters is 1. The van der Waals surface area contributed by atoms with Crippen LogP contribution < -0.4 is 15.5 Å². The number of nitrogens with one attached hydrogen (secondary N) is 2. The highest BCUT2D eigenvalue weighted by Gasteiger charge is 2.45. The lowest BCUT2D eigenvalue weighted by molar-refractivity contribution is -0.147. The fourth-order valence-corrected chi connectivity index (χ4v) is 5.49. The standard InChI is InChI=1S/C30H36ClFN8O4/c1-38-10-12-40(13-11-38)9-6-27(42)35-26-16-21(5-8-33-26)34-25-17-24(22-15-20(31)3-4-23(22)32)36-37-28(25)39(2)18-30(19-41)7-14-44-29(30)43/h3-5,8,15-17,41H,6-7,9-14,18-19H2,1-2H3,(H2,33,34,35,36,42). The summed E-state index contributed by atoms with van der Waals surface area (Å²) in [5.74, 6) is -0.429. The van der Waals surface area contributed by atoms with E-state index in [0.717, 1.165) is 26.2 Å². The number of hydrogen-bond acceptors (Lipinski definition) is 11. The summed E-state index contributed by atoms with van der Waals surface area (Å²) in [4.78, 5) is 35.7. The first-order valence-corrected chi connectivity index (χ1v) is 14.8. The number of aromatic nitrogens is 3. The number of rotatable bonds is 11. The Balaban J connectivity index is 1.37. The largest absolute Gasteiger partial charge is 0.465 e. The zero-order chi connectivity index (χ0) is 31.3. The summed E-state index contributed by atoms with van der Waals surface area (Å²) in [6, 6.07) is 9.19. The number of aliphatic hydroxyl groups excluding tert-OH is 1. The molecule has 44 heavy (non-hydrogen) atoms. The summed E-state index contributed by atoms with van der Waals surface area (Å²) in [6.07, 6.45) is 2.26. The van der Waals surface area contributed by atoms with Crippen molar-refractivity contribution in [1.29, 1.82) is 0 Å². The van der Waals surface area contributed by atoms with Gasteiger partial charge in [-0.15, -0.1) is 10.2 Å². The fourth-order valence-electron chi connectivity index (χ4n) is 5.31. The minimum absolute atomic E-state index is 0.113. The van der Waals surface area contributed by atoms with Gasteiger partial charge in [0.25, 0.3) is 0 Å². The maximum absolute atomic E-state index is 14.8. The van der Waals surface area contributed by atoms with Crippen LogP contribution in [0, 0.1) is 11.2 Å². The lowest BCUT2D eigenvalue weighted by atomic mass is 9.87. The second kappa shape index (κ2) is 13.8. The predicted octanol–water partition coefficient (Wildman–Crippen LogP) is 3.01. The van der Waals surface area contributed by atoms with Crippen LogP contribution in [-0.2, 0) is 14.3 Å². The molecule has 5 rings (SSSR count). The number of cyclic esters (lactones) is 1.